The maximum atomic E-state index is 13.2. The first-order valence-corrected chi connectivity index (χ1v) is 11.3. The number of aliphatic carboxylic acids is 1. The van der Waals surface area contributed by atoms with E-state index in [-0.39, 0.29) is 48.9 Å². The molecule has 33 heavy (non-hydrogen) atoms. The first kappa shape index (κ1) is 24.9. The van der Waals surface area contributed by atoms with Crippen molar-refractivity contribution in [3.63, 3.8) is 0 Å². The van der Waals surface area contributed by atoms with Gasteiger partial charge in [-0.15, -0.1) is 0 Å². The Balaban J connectivity index is 1.82. The fourth-order valence-electron chi connectivity index (χ4n) is 4.45. The highest BCUT2D eigenvalue weighted by molar-refractivity contribution is 5.90. The molecule has 2 amide bonds. The Labute approximate surface area is 192 Å². The lowest BCUT2D eigenvalue weighted by Crippen LogP contribution is -2.70. The third-order valence-corrected chi connectivity index (χ3v) is 6.35. The van der Waals surface area contributed by atoms with Crippen LogP contribution in [0.4, 0.5) is 8.78 Å². The molecule has 0 bridgehead atoms. The number of nitrogens with zero attached hydrogens (tertiary/aromatic N) is 3. The number of carboxylic acids is 1. The zero-order chi connectivity index (χ0) is 24.1. The summed E-state index contributed by atoms with van der Waals surface area (Å²) in [6, 6.07) is 5.55. The van der Waals surface area contributed by atoms with Gasteiger partial charge in [0.2, 0.25) is 11.8 Å². The number of halogens is 2. The molecule has 0 saturated carbocycles. The van der Waals surface area contributed by atoms with Gasteiger partial charge in [-0.2, -0.15) is 8.78 Å². The molecule has 0 aromatic heterocycles. The summed E-state index contributed by atoms with van der Waals surface area (Å²) in [7, 11) is 0. The first-order chi connectivity index (χ1) is 15.7. The molecule has 0 aliphatic carbocycles. The minimum absolute atomic E-state index is 0.0703. The Bertz CT molecular complexity index is 851. The van der Waals surface area contributed by atoms with Gasteiger partial charge in [0.05, 0.1) is 6.54 Å². The Kier molecular flexibility index (Phi) is 8.23. The fraction of sp³-hybridized carbons (Fsp3) is 0.609. The van der Waals surface area contributed by atoms with E-state index >= 15 is 0 Å². The summed E-state index contributed by atoms with van der Waals surface area (Å²) >= 11 is 0. The molecule has 1 aromatic carbocycles. The molecule has 182 valence electrons. The van der Waals surface area contributed by atoms with Crippen LogP contribution in [0, 0.1) is 5.92 Å². The molecule has 2 aliphatic rings. The van der Waals surface area contributed by atoms with E-state index in [1.54, 1.807) is 21.9 Å². The van der Waals surface area contributed by atoms with E-state index in [0.717, 1.165) is 12.0 Å². The molecule has 2 heterocycles. The first-order valence-electron chi connectivity index (χ1n) is 11.3. The highest BCUT2D eigenvalue weighted by atomic mass is 19.3. The van der Waals surface area contributed by atoms with Crippen LogP contribution in [0.2, 0.25) is 0 Å². The van der Waals surface area contributed by atoms with Crippen molar-refractivity contribution in [2.45, 2.75) is 64.9 Å². The Morgan fingerprint density at radius 2 is 1.94 bits per heavy atom. The summed E-state index contributed by atoms with van der Waals surface area (Å²) in [5.74, 6) is -1.01. The van der Waals surface area contributed by atoms with Gasteiger partial charge in [0, 0.05) is 32.5 Å². The van der Waals surface area contributed by atoms with Gasteiger partial charge in [-0.1, -0.05) is 32.4 Å². The summed E-state index contributed by atoms with van der Waals surface area (Å²) in [6.45, 7) is 3.06. The average Bonchev–Trinajstić information content (AvgIpc) is 2.76. The van der Waals surface area contributed by atoms with Crippen molar-refractivity contribution >= 4 is 17.8 Å². The molecule has 1 N–H and O–H groups in total. The lowest BCUT2D eigenvalue weighted by Gasteiger charge is -2.52. The molecule has 2 saturated heterocycles. The van der Waals surface area contributed by atoms with E-state index < -0.39 is 18.6 Å². The summed E-state index contributed by atoms with van der Waals surface area (Å²) in [6.07, 6.45) is 0.624. The molecule has 0 spiro atoms. The number of fused-ring (bicyclic) bond motifs is 1. The number of ether oxygens (including phenoxy) is 1. The van der Waals surface area contributed by atoms with Crippen molar-refractivity contribution in [1.82, 2.24) is 14.7 Å². The molecule has 3 unspecified atom stereocenters. The highest BCUT2D eigenvalue weighted by Gasteiger charge is 2.47. The van der Waals surface area contributed by atoms with Crippen LogP contribution in [-0.4, -0.2) is 76.0 Å². The molecule has 2 aliphatic heterocycles. The highest BCUT2D eigenvalue weighted by Crippen LogP contribution is 2.30. The van der Waals surface area contributed by atoms with Gasteiger partial charge >= 0.3 is 12.6 Å². The van der Waals surface area contributed by atoms with Crippen LogP contribution in [0.3, 0.4) is 0 Å². The van der Waals surface area contributed by atoms with Crippen molar-refractivity contribution in [1.29, 1.82) is 0 Å². The van der Waals surface area contributed by atoms with Crippen molar-refractivity contribution in [3.05, 3.63) is 29.8 Å². The van der Waals surface area contributed by atoms with Crippen LogP contribution in [0.1, 0.15) is 45.1 Å². The van der Waals surface area contributed by atoms with Crippen molar-refractivity contribution in [3.8, 4) is 5.75 Å². The van der Waals surface area contributed by atoms with Gasteiger partial charge in [0.1, 0.15) is 18.0 Å². The number of hydrogen-bond acceptors (Lipinski definition) is 5. The average molecular weight is 468 g/mol. The normalized spacial score (nSPS) is 22.5. The van der Waals surface area contributed by atoms with Crippen molar-refractivity contribution in [2.24, 2.45) is 5.92 Å². The second kappa shape index (κ2) is 10.9. The lowest BCUT2D eigenvalue weighted by atomic mass is 9.98. The zero-order valence-corrected chi connectivity index (χ0v) is 19.0. The van der Waals surface area contributed by atoms with Crippen LogP contribution in [0.25, 0.3) is 0 Å². The van der Waals surface area contributed by atoms with Crippen molar-refractivity contribution in [2.75, 3.05) is 19.6 Å². The summed E-state index contributed by atoms with van der Waals surface area (Å²) in [5, 5.41) is 9.17. The number of hydrogen-bond donors (Lipinski definition) is 1. The number of carboxylic acid groups (broad SMARTS) is 1. The summed E-state index contributed by atoms with van der Waals surface area (Å²) in [5.41, 5.74) is 0.860. The van der Waals surface area contributed by atoms with E-state index in [0.29, 0.717) is 26.2 Å². The van der Waals surface area contributed by atoms with Crippen LogP contribution >= 0.6 is 0 Å². The van der Waals surface area contributed by atoms with Gasteiger partial charge in [0.15, 0.2) is 0 Å². The number of benzene rings is 1. The lowest BCUT2D eigenvalue weighted by molar-refractivity contribution is -0.172. The number of rotatable bonds is 10. The molecule has 3 rings (SSSR count). The number of carbonyl (C=O) groups is 3. The molecule has 8 nitrogen and oxygen atoms in total. The van der Waals surface area contributed by atoms with E-state index in [9.17, 15) is 23.2 Å². The predicted molar refractivity (Wildman–Crippen MR) is 115 cm³/mol. The van der Waals surface area contributed by atoms with E-state index in [2.05, 4.69) is 16.6 Å². The molecular formula is C23H31F2N3O5. The predicted octanol–water partition coefficient (Wildman–Crippen LogP) is 2.77. The minimum Gasteiger partial charge on any atom is -0.481 e. The van der Waals surface area contributed by atoms with Crippen LogP contribution in [-0.2, 0) is 20.9 Å². The number of amides is 2. The maximum Gasteiger partial charge on any atom is 0.387 e. The second-order valence-electron chi connectivity index (χ2n) is 8.73. The van der Waals surface area contributed by atoms with E-state index in [1.807, 2.05) is 6.92 Å². The summed E-state index contributed by atoms with van der Waals surface area (Å²) < 4.78 is 29.2. The Morgan fingerprint density at radius 3 is 2.55 bits per heavy atom. The topological polar surface area (TPSA) is 90.4 Å². The fourth-order valence-corrected chi connectivity index (χ4v) is 4.45. The zero-order valence-electron chi connectivity index (χ0n) is 19.0. The monoisotopic (exact) mass is 467 g/mol. The van der Waals surface area contributed by atoms with Crippen LogP contribution in [0.5, 0.6) is 5.75 Å². The van der Waals surface area contributed by atoms with Gasteiger partial charge in [-0.05, 0) is 30.0 Å². The number of carbonyl (C=O) groups excluding carboxylic acids is 2. The van der Waals surface area contributed by atoms with Gasteiger partial charge in [-0.3, -0.25) is 19.3 Å². The quantitative estimate of drug-likeness (QED) is 0.569. The number of piperazine rings is 1. The SMILES string of the molecule is CCC(C)CN1CC2N(Cc3ccc(OC(F)F)cc3)CCC(=O)N2C(CCC(=O)O)C1=O. The smallest absolute Gasteiger partial charge is 0.387 e. The van der Waals surface area contributed by atoms with Gasteiger partial charge in [0.25, 0.3) is 0 Å². The van der Waals surface area contributed by atoms with Gasteiger partial charge < -0.3 is 19.6 Å². The molecular weight excluding hydrogens is 436 g/mol. The molecule has 10 heteroatoms. The summed E-state index contributed by atoms with van der Waals surface area (Å²) in [4.78, 5) is 42.7. The standard InChI is InChI=1S/C23H31F2N3O5/c1-3-15(2)12-27-14-19-26(13-16-4-6-17(7-5-16)33-23(24)25)11-10-20(29)28(19)18(22(27)32)8-9-21(30)31/h4-7,15,18-19,23H,3,8-14H2,1-2H3,(H,30,31). The van der Waals surface area contributed by atoms with Crippen LogP contribution < -0.4 is 4.74 Å². The largest absolute Gasteiger partial charge is 0.481 e. The third-order valence-electron chi connectivity index (χ3n) is 6.35. The molecule has 0 radical (unpaired) electrons. The molecule has 1 aromatic rings. The minimum atomic E-state index is -2.89. The van der Waals surface area contributed by atoms with Crippen LogP contribution in [0.15, 0.2) is 24.3 Å². The van der Waals surface area contributed by atoms with Crippen molar-refractivity contribution < 1.29 is 33.0 Å². The van der Waals surface area contributed by atoms with E-state index in [4.69, 9.17) is 5.11 Å². The second-order valence-corrected chi connectivity index (χ2v) is 8.73. The third kappa shape index (κ3) is 6.19. The Morgan fingerprint density at radius 1 is 1.24 bits per heavy atom. The van der Waals surface area contributed by atoms with Gasteiger partial charge in [-0.25, -0.2) is 0 Å². The number of alkyl halides is 2. The molecule has 2 fully saturated rings. The molecule has 3 atom stereocenters. The van der Waals surface area contributed by atoms with E-state index in [1.165, 1.54) is 12.1 Å². The maximum absolute atomic E-state index is 13.2. The Hall–Kier alpha value is -2.75.